The summed E-state index contributed by atoms with van der Waals surface area (Å²) in [6.45, 7) is 6.57. The fourth-order valence-corrected chi connectivity index (χ4v) is 3.12. The van der Waals surface area contributed by atoms with Crippen LogP contribution in [-0.4, -0.2) is 37.7 Å². The van der Waals surface area contributed by atoms with E-state index in [9.17, 15) is 8.42 Å². The van der Waals surface area contributed by atoms with Crippen molar-refractivity contribution in [3.05, 3.63) is 0 Å². The average molecular weight is 257 g/mol. The van der Waals surface area contributed by atoms with E-state index in [1.807, 2.05) is 20.8 Å². The van der Waals surface area contributed by atoms with E-state index in [2.05, 4.69) is 4.72 Å². The second-order valence-corrected chi connectivity index (χ2v) is 5.37. The molecule has 0 aliphatic carbocycles. The highest BCUT2D eigenvalue weighted by Crippen LogP contribution is 2.04. The van der Waals surface area contributed by atoms with Crippen LogP contribution in [0.2, 0.25) is 0 Å². The zero-order valence-electron chi connectivity index (χ0n) is 9.66. The molecule has 1 unspecified atom stereocenters. The van der Waals surface area contributed by atoms with Gasteiger partial charge in [0.25, 0.3) is 10.2 Å². The van der Waals surface area contributed by atoms with Crippen molar-refractivity contribution in [2.45, 2.75) is 39.7 Å². The lowest BCUT2D eigenvalue weighted by Crippen LogP contribution is -2.45. The first kappa shape index (κ1) is 15.2. The Kier molecular flexibility index (Phi) is 7.52. The van der Waals surface area contributed by atoms with E-state index in [4.69, 9.17) is 11.6 Å². The second kappa shape index (κ2) is 7.44. The van der Waals surface area contributed by atoms with E-state index in [0.29, 0.717) is 25.4 Å². The molecule has 0 radical (unpaired) electrons. The minimum atomic E-state index is -3.33. The van der Waals surface area contributed by atoms with E-state index in [1.165, 1.54) is 4.31 Å². The third-order valence-electron chi connectivity index (χ3n) is 2.31. The van der Waals surface area contributed by atoms with Crippen molar-refractivity contribution < 1.29 is 8.42 Å². The van der Waals surface area contributed by atoms with Gasteiger partial charge in [0.2, 0.25) is 0 Å². The molecule has 0 heterocycles. The lowest BCUT2D eigenvalue weighted by atomic mass is 10.2. The number of rotatable bonds is 8. The lowest BCUT2D eigenvalue weighted by molar-refractivity contribution is 0.421. The molecule has 0 aromatic heterocycles. The van der Waals surface area contributed by atoms with Gasteiger partial charge in [0.1, 0.15) is 0 Å². The molecule has 1 atom stereocenters. The van der Waals surface area contributed by atoms with Gasteiger partial charge in [-0.1, -0.05) is 20.8 Å². The molecule has 0 aliphatic heterocycles. The van der Waals surface area contributed by atoms with Crippen LogP contribution in [0.15, 0.2) is 0 Å². The Morgan fingerprint density at radius 3 is 2.13 bits per heavy atom. The molecule has 15 heavy (non-hydrogen) atoms. The molecule has 1 N–H and O–H groups in total. The molecule has 4 nitrogen and oxygen atoms in total. The molecular formula is C9H21ClN2O2S. The minimum absolute atomic E-state index is 0.0619. The quantitative estimate of drug-likeness (QED) is 0.671. The Hall–Kier alpha value is 0.160. The maximum absolute atomic E-state index is 11.8. The van der Waals surface area contributed by atoms with Gasteiger partial charge in [-0.15, -0.1) is 11.6 Å². The summed E-state index contributed by atoms with van der Waals surface area (Å²) >= 11 is 5.60. The Bertz CT molecular complexity index is 253. The molecule has 0 aromatic carbocycles. The topological polar surface area (TPSA) is 49.4 Å². The molecule has 0 fully saturated rings. The number of halogens is 1. The van der Waals surface area contributed by atoms with Gasteiger partial charge in [-0.2, -0.15) is 17.4 Å². The largest absolute Gasteiger partial charge is 0.279 e. The van der Waals surface area contributed by atoms with Crippen molar-refractivity contribution in [1.29, 1.82) is 0 Å². The van der Waals surface area contributed by atoms with Gasteiger partial charge in [0, 0.05) is 25.0 Å². The van der Waals surface area contributed by atoms with Crippen molar-refractivity contribution in [3.63, 3.8) is 0 Å². The van der Waals surface area contributed by atoms with Crippen molar-refractivity contribution in [3.8, 4) is 0 Å². The van der Waals surface area contributed by atoms with Crippen LogP contribution in [0.3, 0.4) is 0 Å². The Morgan fingerprint density at radius 2 is 1.80 bits per heavy atom. The summed E-state index contributed by atoms with van der Waals surface area (Å²) in [5.74, 6) is 0.472. The summed E-state index contributed by atoms with van der Waals surface area (Å²) in [6.07, 6.45) is 1.42. The summed E-state index contributed by atoms with van der Waals surface area (Å²) in [7, 11) is -3.33. The highest BCUT2D eigenvalue weighted by molar-refractivity contribution is 7.87. The summed E-state index contributed by atoms with van der Waals surface area (Å²) in [6, 6.07) is -0.0619. The number of alkyl halides is 1. The molecule has 0 aromatic rings. The maximum Gasteiger partial charge on any atom is 0.279 e. The standard InChI is InChI=1S/C9H21ClN2O2S/c1-4-9(7-8-10)11-15(13,14)12(5-2)6-3/h9,11H,4-8H2,1-3H3. The first-order chi connectivity index (χ1) is 7.01. The molecule has 92 valence electrons. The molecular weight excluding hydrogens is 236 g/mol. The number of hydrogen-bond acceptors (Lipinski definition) is 2. The van der Waals surface area contributed by atoms with Crippen molar-refractivity contribution in [2.24, 2.45) is 0 Å². The summed E-state index contributed by atoms with van der Waals surface area (Å²) in [5, 5.41) is 0. The van der Waals surface area contributed by atoms with Crippen LogP contribution in [0.25, 0.3) is 0 Å². The first-order valence-corrected chi connectivity index (χ1v) is 7.32. The van der Waals surface area contributed by atoms with Crippen LogP contribution in [0.5, 0.6) is 0 Å². The monoisotopic (exact) mass is 256 g/mol. The molecule has 6 heteroatoms. The van der Waals surface area contributed by atoms with E-state index < -0.39 is 10.2 Å². The smallest absolute Gasteiger partial charge is 0.199 e. The predicted octanol–water partition coefficient (Wildman–Crippen LogP) is 1.57. The highest BCUT2D eigenvalue weighted by Gasteiger charge is 2.21. The van der Waals surface area contributed by atoms with Gasteiger partial charge < -0.3 is 0 Å². The van der Waals surface area contributed by atoms with Crippen LogP contribution in [-0.2, 0) is 10.2 Å². The molecule has 0 saturated heterocycles. The van der Waals surface area contributed by atoms with Gasteiger partial charge in [-0.05, 0) is 12.8 Å². The summed E-state index contributed by atoms with van der Waals surface area (Å²) in [4.78, 5) is 0. The van der Waals surface area contributed by atoms with Crippen LogP contribution in [0.1, 0.15) is 33.6 Å². The van der Waals surface area contributed by atoms with Crippen LogP contribution < -0.4 is 4.72 Å². The fourth-order valence-electron chi connectivity index (χ4n) is 1.33. The van der Waals surface area contributed by atoms with Crippen molar-refractivity contribution in [2.75, 3.05) is 19.0 Å². The van der Waals surface area contributed by atoms with Gasteiger partial charge in [-0.3, -0.25) is 0 Å². The summed E-state index contributed by atoms with van der Waals surface area (Å²) in [5.41, 5.74) is 0. The molecule has 0 saturated carbocycles. The number of nitrogens with zero attached hydrogens (tertiary/aromatic N) is 1. The van der Waals surface area contributed by atoms with E-state index >= 15 is 0 Å². The minimum Gasteiger partial charge on any atom is -0.199 e. The first-order valence-electron chi connectivity index (χ1n) is 5.35. The fraction of sp³-hybridized carbons (Fsp3) is 1.00. The lowest BCUT2D eigenvalue weighted by Gasteiger charge is -2.23. The highest BCUT2D eigenvalue weighted by atomic mass is 35.5. The SMILES string of the molecule is CCC(CCCl)NS(=O)(=O)N(CC)CC. The molecule has 0 bridgehead atoms. The predicted molar refractivity (Wildman–Crippen MR) is 64.4 cm³/mol. The molecule has 0 amide bonds. The third-order valence-corrected chi connectivity index (χ3v) is 4.36. The average Bonchev–Trinajstić information content (AvgIpc) is 2.18. The van der Waals surface area contributed by atoms with Gasteiger partial charge in [0.15, 0.2) is 0 Å². The van der Waals surface area contributed by atoms with Crippen molar-refractivity contribution >= 4 is 21.8 Å². The second-order valence-electron chi connectivity index (χ2n) is 3.29. The Balaban J connectivity index is 4.46. The molecule has 0 aliphatic rings. The molecule has 0 spiro atoms. The molecule has 0 rings (SSSR count). The zero-order chi connectivity index (χ0) is 11.9. The third kappa shape index (κ3) is 5.15. The van der Waals surface area contributed by atoms with E-state index in [-0.39, 0.29) is 6.04 Å². The van der Waals surface area contributed by atoms with Gasteiger partial charge in [0.05, 0.1) is 0 Å². The maximum atomic E-state index is 11.8. The van der Waals surface area contributed by atoms with Crippen LogP contribution >= 0.6 is 11.6 Å². The number of nitrogens with one attached hydrogen (secondary N) is 1. The normalized spacial score (nSPS) is 14.5. The van der Waals surface area contributed by atoms with Crippen LogP contribution in [0.4, 0.5) is 0 Å². The Morgan fingerprint density at radius 1 is 1.27 bits per heavy atom. The van der Waals surface area contributed by atoms with E-state index in [0.717, 1.165) is 6.42 Å². The zero-order valence-corrected chi connectivity index (χ0v) is 11.2. The van der Waals surface area contributed by atoms with Crippen molar-refractivity contribution in [1.82, 2.24) is 9.03 Å². The van der Waals surface area contributed by atoms with Gasteiger partial charge in [-0.25, -0.2) is 0 Å². The summed E-state index contributed by atoms with van der Waals surface area (Å²) < 4.78 is 27.7. The Labute approximate surface area is 98.2 Å². The van der Waals surface area contributed by atoms with E-state index in [1.54, 1.807) is 0 Å². The number of hydrogen-bond donors (Lipinski definition) is 1. The van der Waals surface area contributed by atoms with Crippen LogP contribution in [0, 0.1) is 0 Å². The van der Waals surface area contributed by atoms with Gasteiger partial charge >= 0.3 is 0 Å².